The van der Waals surface area contributed by atoms with Gasteiger partial charge in [0.2, 0.25) is 0 Å². The second kappa shape index (κ2) is 6.98. The molecule has 0 aliphatic rings. The fraction of sp³-hybridized carbons (Fsp3) is 0.462. The van der Waals surface area contributed by atoms with Gasteiger partial charge in [-0.1, -0.05) is 30.1 Å². The molecule has 2 N–H and O–H groups in total. The number of ether oxygens (including phenoxy) is 1. The maximum atomic E-state index is 11.5. The molecule has 0 spiro atoms. The molecule has 19 heavy (non-hydrogen) atoms. The molecular weight excluding hydrogens is 289 g/mol. The summed E-state index contributed by atoms with van der Waals surface area (Å²) in [5, 5.41) is 13.1. The SMILES string of the molecule is CCC(C)(O)CNC(=O)COc1ccc(Cl)c(Cl)c1. The van der Waals surface area contributed by atoms with Crippen LogP contribution in [-0.4, -0.2) is 29.8 Å². The third-order valence-electron chi connectivity index (χ3n) is 2.69. The molecular formula is C13H17Cl2NO3. The summed E-state index contributed by atoms with van der Waals surface area (Å²) in [6.07, 6.45) is 0.556. The maximum absolute atomic E-state index is 11.5. The van der Waals surface area contributed by atoms with Crippen LogP contribution in [0.2, 0.25) is 10.0 Å². The Balaban J connectivity index is 2.40. The van der Waals surface area contributed by atoms with E-state index in [0.29, 0.717) is 22.2 Å². The van der Waals surface area contributed by atoms with Gasteiger partial charge in [0.15, 0.2) is 6.61 Å². The third-order valence-corrected chi connectivity index (χ3v) is 3.43. The largest absolute Gasteiger partial charge is 0.484 e. The molecule has 0 aliphatic carbocycles. The Morgan fingerprint density at radius 1 is 1.42 bits per heavy atom. The Morgan fingerprint density at radius 3 is 2.68 bits per heavy atom. The van der Waals surface area contributed by atoms with Gasteiger partial charge in [-0.3, -0.25) is 4.79 Å². The van der Waals surface area contributed by atoms with Crippen molar-refractivity contribution in [1.82, 2.24) is 5.32 Å². The number of carbonyl (C=O) groups is 1. The van der Waals surface area contributed by atoms with Gasteiger partial charge in [-0.2, -0.15) is 0 Å². The molecule has 0 bridgehead atoms. The zero-order chi connectivity index (χ0) is 14.5. The Labute approximate surface area is 122 Å². The van der Waals surface area contributed by atoms with Crippen molar-refractivity contribution in [2.45, 2.75) is 25.9 Å². The lowest BCUT2D eigenvalue weighted by Gasteiger charge is -2.21. The van der Waals surface area contributed by atoms with Crippen molar-refractivity contribution in [3.63, 3.8) is 0 Å². The first-order chi connectivity index (χ1) is 8.84. The summed E-state index contributed by atoms with van der Waals surface area (Å²) in [6.45, 7) is 3.55. The smallest absolute Gasteiger partial charge is 0.258 e. The molecule has 0 heterocycles. The highest BCUT2D eigenvalue weighted by Gasteiger charge is 2.18. The van der Waals surface area contributed by atoms with Gasteiger partial charge in [0.1, 0.15) is 5.75 Å². The average molecular weight is 306 g/mol. The van der Waals surface area contributed by atoms with Crippen LogP contribution in [0.3, 0.4) is 0 Å². The molecule has 1 rings (SSSR count). The topological polar surface area (TPSA) is 58.6 Å². The highest BCUT2D eigenvalue weighted by atomic mass is 35.5. The van der Waals surface area contributed by atoms with Crippen LogP contribution in [0, 0.1) is 0 Å². The minimum absolute atomic E-state index is 0.141. The molecule has 0 saturated heterocycles. The quantitative estimate of drug-likeness (QED) is 0.849. The van der Waals surface area contributed by atoms with Crippen LogP contribution in [0.25, 0.3) is 0 Å². The number of hydrogen-bond acceptors (Lipinski definition) is 3. The number of aliphatic hydroxyl groups is 1. The van der Waals surface area contributed by atoms with E-state index in [0.717, 1.165) is 0 Å². The zero-order valence-electron chi connectivity index (χ0n) is 10.9. The van der Waals surface area contributed by atoms with Crippen molar-refractivity contribution >= 4 is 29.1 Å². The lowest BCUT2D eigenvalue weighted by molar-refractivity contribution is -0.124. The van der Waals surface area contributed by atoms with Crippen molar-refractivity contribution in [3.05, 3.63) is 28.2 Å². The van der Waals surface area contributed by atoms with Gasteiger partial charge in [0.05, 0.1) is 15.6 Å². The van der Waals surface area contributed by atoms with Gasteiger partial charge >= 0.3 is 0 Å². The van der Waals surface area contributed by atoms with Crippen molar-refractivity contribution in [2.75, 3.05) is 13.2 Å². The van der Waals surface area contributed by atoms with Crippen molar-refractivity contribution in [3.8, 4) is 5.75 Å². The summed E-state index contributed by atoms with van der Waals surface area (Å²) < 4.78 is 5.27. The molecule has 0 fully saturated rings. The summed E-state index contributed by atoms with van der Waals surface area (Å²) in [5.41, 5.74) is -0.904. The minimum Gasteiger partial charge on any atom is -0.484 e. The van der Waals surface area contributed by atoms with Gasteiger partial charge in [0.25, 0.3) is 5.91 Å². The second-order valence-corrected chi connectivity index (χ2v) is 5.31. The van der Waals surface area contributed by atoms with E-state index in [1.807, 2.05) is 6.92 Å². The number of carbonyl (C=O) groups excluding carboxylic acids is 1. The van der Waals surface area contributed by atoms with Gasteiger partial charge in [-0.25, -0.2) is 0 Å². The van der Waals surface area contributed by atoms with E-state index in [4.69, 9.17) is 27.9 Å². The third kappa shape index (κ3) is 5.68. The minimum atomic E-state index is -0.904. The summed E-state index contributed by atoms with van der Waals surface area (Å²) in [6, 6.07) is 4.77. The van der Waals surface area contributed by atoms with Gasteiger partial charge in [-0.05, 0) is 25.5 Å². The van der Waals surface area contributed by atoms with Crippen LogP contribution >= 0.6 is 23.2 Å². The van der Waals surface area contributed by atoms with Crippen molar-refractivity contribution < 1.29 is 14.6 Å². The molecule has 6 heteroatoms. The van der Waals surface area contributed by atoms with E-state index in [2.05, 4.69) is 5.32 Å². The molecule has 1 unspecified atom stereocenters. The van der Waals surface area contributed by atoms with Crippen molar-refractivity contribution in [2.24, 2.45) is 0 Å². The Morgan fingerprint density at radius 2 is 2.11 bits per heavy atom. The fourth-order valence-electron chi connectivity index (χ4n) is 1.18. The predicted molar refractivity (Wildman–Crippen MR) is 75.9 cm³/mol. The number of benzene rings is 1. The molecule has 106 valence electrons. The van der Waals surface area contributed by atoms with E-state index in [1.54, 1.807) is 25.1 Å². The first-order valence-electron chi connectivity index (χ1n) is 5.91. The van der Waals surface area contributed by atoms with E-state index < -0.39 is 5.60 Å². The Kier molecular flexibility index (Phi) is 5.91. The Bertz CT molecular complexity index is 450. The molecule has 0 radical (unpaired) electrons. The standard InChI is InChI=1S/C13H17Cl2NO3/c1-3-13(2,18)8-16-12(17)7-19-9-4-5-10(14)11(15)6-9/h4-6,18H,3,7-8H2,1-2H3,(H,16,17). The van der Waals surface area contributed by atoms with Crippen LogP contribution in [-0.2, 0) is 4.79 Å². The summed E-state index contributed by atoms with van der Waals surface area (Å²) in [4.78, 5) is 11.5. The summed E-state index contributed by atoms with van der Waals surface area (Å²) in [7, 11) is 0. The fourth-order valence-corrected chi connectivity index (χ4v) is 1.47. The molecule has 1 aromatic carbocycles. The second-order valence-electron chi connectivity index (χ2n) is 4.49. The Hall–Kier alpha value is -0.970. The normalized spacial score (nSPS) is 13.7. The highest BCUT2D eigenvalue weighted by Crippen LogP contribution is 2.26. The predicted octanol–water partition coefficient (Wildman–Crippen LogP) is 2.65. The summed E-state index contributed by atoms with van der Waals surface area (Å²) in [5.74, 6) is 0.159. The lowest BCUT2D eigenvalue weighted by Crippen LogP contribution is -2.41. The zero-order valence-corrected chi connectivity index (χ0v) is 12.4. The molecule has 0 aliphatic heterocycles. The van der Waals surface area contributed by atoms with Crippen LogP contribution in [0.4, 0.5) is 0 Å². The number of hydrogen-bond donors (Lipinski definition) is 2. The molecule has 1 amide bonds. The van der Waals surface area contributed by atoms with Crippen LogP contribution in [0.5, 0.6) is 5.75 Å². The van der Waals surface area contributed by atoms with Crippen LogP contribution in [0.15, 0.2) is 18.2 Å². The van der Waals surface area contributed by atoms with Crippen LogP contribution < -0.4 is 10.1 Å². The van der Waals surface area contributed by atoms with Crippen LogP contribution in [0.1, 0.15) is 20.3 Å². The van der Waals surface area contributed by atoms with E-state index in [-0.39, 0.29) is 19.1 Å². The molecule has 0 aromatic heterocycles. The van der Waals surface area contributed by atoms with E-state index in [9.17, 15) is 9.90 Å². The molecule has 0 saturated carbocycles. The first kappa shape index (κ1) is 16.1. The van der Waals surface area contributed by atoms with E-state index >= 15 is 0 Å². The molecule has 4 nitrogen and oxygen atoms in total. The van der Waals surface area contributed by atoms with Gasteiger partial charge < -0.3 is 15.2 Å². The summed E-state index contributed by atoms with van der Waals surface area (Å²) >= 11 is 11.6. The monoisotopic (exact) mass is 305 g/mol. The van der Waals surface area contributed by atoms with E-state index in [1.165, 1.54) is 0 Å². The van der Waals surface area contributed by atoms with Gasteiger partial charge in [0, 0.05) is 12.6 Å². The molecule has 1 atom stereocenters. The number of halogens is 2. The van der Waals surface area contributed by atoms with Gasteiger partial charge in [-0.15, -0.1) is 0 Å². The first-order valence-corrected chi connectivity index (χ1v) is 6.66. The van der Waals surface area contributed by atoms with Crippen molar-refractivity contribution in [1.29, 1.82) is 0 Å². The number of nitrogens with one attached hydrogen (secondary N) is 1. The maximum Gasteiger partial charge on any atom is 0.258 e. The number of amides is 1. The average Bonchev–Trinajstić information content (AvgIpc) is 2.38. The molecule has 1 aromatic rings. The number of rotatable bonds is 6. The lowest BCUT2D eigenvalue weighted by atomic mass is 10.0. The highest BCUT2D eigenvalue weighted by molar-refractivity contribution is 6.42.